The van der Waals surface area contributed by atoms with Crippen LogP contribution in [-0.2, 0) is 4.79 Å². The van der Waals surface area contributed by atoms with E-state index in [0.29, 0.717) is 28.9 Å². The Morgan fingerprint density at radius 3 is 2.61 bits per heavy atom. The van der Waals surface area contributed by atoms with E-state index in [2.05, 4.69) is 5.32 Å². The summed E-state index contributed by atoms with van der Waals surface area (Å²) in [7, 11) is 0. The fourth-order valence-electron chi connectivity index (χ4n) is 1.82. The monoisotopic (exact) mass is 353 g/mol. The summed E-state index contributed by atoms with van der Waals surface area (Å²) in [6.07, 6.45) is -0.676. The van der Waals surface area contributed by atoms with Crippen molar-refractivity contribution in [3.63, 3.8) is 0 Å². The summed E-state index contributed by atoms with van der Waals surface area (Å²) in [6, 6.07) is 14.3. The highest BCUT2D eigenvalue weighted by molar-refractivity contribution is 6.35. The molecule has 6 heteroatoms. The Bertz CT molecular complexity index is 650. The Kier molecular flexibility index (Phi) is 6.56. The molecule has 0 unspecified atom stereocenters. The number of rotatable bonds is 7. The first-order valence-corrected chi connectivity index (χ1v) is 7.89. The lowest BCUT2D eigenvalue weighted by molar-refractivity contribution is -0.127. The number of benzene rings is 2. The lowest BCUT2D eigenvalue weighted by Gasteiger charge is -2.16. The molecule has 2 aromatic rings. The maximum absolute atomic E-state index is 12.0. The molecule has 0 aliphatic heterocycles. The Hall–Kier alpha value is -1.91. The third kappa shape index (κ3) is 5.66. The van der Waals surface area contributed by atoms with E-state index >= 15 is 0 Å². The second-order valence-corrected chi connectivity index (χ2v) is 5.63. The van der Waals surface area contributed by atoms with Crippen molar-refractivity contribution in [1.29, 1.82) is 0 Å². The van der Waals surface area contributed by atoms with Crippen molar-refractivity contribution in [2.75, 3.05) is 13.2 Å². The number of carbonyl (C=O) groups is 1. The molecule has 1 atom stereocenters. The van der Waals surface area contributed by atoms with Crippen LogP contribution in [0.15, 0.2) is 48.5 Å². The van der Waals surface area contributed by atoms with Gasteiger partial charge < -0.3 is 14.8 Å². The molecule has 0 saturated carbocycles. The van der Waals surface area contributed by atoms with E-state index in [-0.39, 0.29) is 5.91 Å². The van der Waals surface area contributed by atoms with Crippen molar-refractivity contribution in [2.45, 2.75) is 13.0 Å². The number of ether oxygens (including phenoxy) is 2. The zero-order valence-electron chi connectivity index (χ0n) is 12.6. The predicted molar refractivity (Wildman–Crippen MR) is 91.5 cm³/mol. The molecule has 1 amide bonds. The normalized spacial score (nSPS) is 11.6. The van der Waals surface area contributed by atoms with Crippen LogP contribution >= 0.6 is 23.2 Å². The zero-order chi connectivity index (χ0) is 16.7. The van der Waals surface area contributed by atoms with Gasteiger partial charge in [-0.15, -0.1) is 0 Å². The summed E-state index contributed by atoms with van der Waals surface area (Å²) in [6.45, 7) is 2.41. The molecular weight excluding hydrogens is 337 g/mol. The minimum absolute atomic E-state index is 0.243. The molecule has 0 saturated heterocycles. The molecule has 23 heavy (non-hydrogen) atoms. The zero-order valence-corrected chi connectivity index (χ0v) is 14.1. The molecule has 0 fully saturated rings. The maximum Gasteiger partial charge on any atom is 0.260 e. The van der Waals surface area contributed by atoms with Gasteiger partial charge >= 0.3 is 0 Å². The van der Waals surface area contributed by atoms with E-state index < -0.39 is 6.10 Å². The van der Waals surface area contributed by atoms with Gasteiger partial charge in [-0.05, 0) is 37.3 Å². The van der Waals surface area contributed by atoms with Crippen molar-refractivity contribution >= 4 is 29.1 Å². The van der Waals surface area contributed by atoms with Gasteiger partial charge in [-0.2, -0.15) is 0 Å². The standard InChI is InChI=1S/C17H17Cl2NO3/c1-12(23-16-8-7-13(18)11-15(16)19)17(21)20-9-10-22-14-5-3-2-4-6-14/h2-8,11-12H,9-10H2,1H3,(H,20,21)/t12-/m0/s1. The number of carbonyl (C=O) groups excluding carboxylic acids is 1. The molecule has 2 rings (SSSR count). The highest BCUT2D eigenvalue weighted by Crippen LogP contribution is 2.28. The molecule has 0 aliphatic carbocycles. The number of hydrogen-bond acceptors (Lipinski definition) is 3. The van der Waals surface area contributed by atoms with Crippen LogP contribution in [0, 0.1) is 0 Å². The highest BCUT2D eigenvalue weighted by atomic mass is 35.5. The van der Waals surface area contributed by atoms with Gasteiger partial charge in [0, 0.05) is 5.02 Å². The molecular formula is C17H17Cl2NO3. The topological polar surface area (TPSA) is 47.6 Å². The smallest absolute Gasteiger partial charge is 0.260 e. The molecule has 0 aliphatic rings. The second kappa shape index (κ2) is 8.65. The van der Waals surface area contributed by atoms with Crippen LogP contribution in [0.5, 0.6) is 11.5 Å². The van der Waals surface area contributed by atoms with Crippen LogP contribution in [-0.4, -0.2) is 25.2 Å². The molecule has 0 bridgehead atoms. The van der Waals surface area contributed by atoms with Crippen LogP contribution in [0.4, 0.5) is 0 Å². The van der Waals surface area contributed by atoms with Gasteiger partial charge in [0.15, 0.2) is 6.10 Å². The molecule has 0 radical (unpaired) electrons. The first-order chi connectivity index (χ1) is 11.1. The average Bonchev–Trinajstić information content (AvgIpc) is 2.55. The largest absolute Gasteiger partial charge is 0.492 e. The van der Waals surface area contributed by atoms with Crippen LogP contribution in [0.3, 0.4) is 0 Å². The quantitative estimate of drug-likeness (QED) is 0.766. The van der Waals surface area contributed by atoms with E-state index in [9.17, 15) is 4.79 Å². The predicted octanol–water partition coefficient (Wildman–Crippen LogP) is 3.96. The molecule has 0 heterocycles. The Balaban J connectivity index is 1.74. The van der Waals surface area contributed by atoms with Crippen LogP contribution in [0.2, 0.25) is 10.0 Å². The summed E-state index contributed by atoms with van der Waals surface area (Å²) < 4.78 is 11.0. The number of halogens is 2. The summed E-state index contributed by atoms with van der Waals surface area (Å²) >= 11 is 11.8. The minimum atomic E-state index is -0.676. The SMILES string of the molecule is C[C@H](Oc1ccc(Cl)cc1Cl)C(=O)NCCOc1ccccc1. The molecule has 4 nitrogen and oxygen atoms in total. The van der Waals surface area contributed by atoms with Crippen molar-refractivity contribution in [3.8, 4) is 11.5 Å². The van der Waals surface area contributed by atoms with Gasteiger partial charge in [0.1, 0.15) is 18.1 Å². The lowest BCUT2D eigenvalue weighted by Crippen LogP contribution is -2.38. The Labute approximate surface area is 145 Å². The third-order valence-electron chi connectivity index (χ3n) is 2.98. The first kappa shape index (κ1) is 17.4. The molecule has 122 valence electrons. The van der Waals surface area contributed by atoms with Gasteiger partial charge in [0.05, 0.1) is 11.6 Å². The van der Waals surface area contributed by atoms with E-state index in [4.69, 9.17) is 32.7 Å². The first-order valence-electron chi connectivity index (χ1n) is 7.13. The number of nitrogens with one attached hydrogen (secondary N) is 1. The minimum Gasteiger partial charge on any atom is -0.492 e. The molecule has 1 N–H and O–H groups in total. The highest BCUT2D eigenvalue weighted by Gasteiger charge is 2.15. The van der Waals surface area contributed by atoms with E-state index in [1.165, 1.54) is 0 Å². The van der Waals surface area contributed by atoms with Crippen molar-refractivity contribution in [3.05, 3.63) is 58.6 Å². The van der Waals surface area contributed by atoms with Crippen molar-refractivity contribution in [2.24, 2.45) is 0 Å². The molecule has 0 spiro atoms. The second-order valence-electron chi connectivity index (χ2n) is 4.79. The molecule has 2 aromatic carbocycles. The number of amides is 1. The fraction of sp³-hybridized carbons (Fsp3) is 0.235. The summed E-state index contributed by atoms with van der Waals surface area (Å²) in [5.41, 5.74) is 0. The van der Waals surface area contributed by atoms with Crippen LogP contribution in [0.25, 0.3) is 0 Å². The van der Waals surface area contributed by atoms with E-state index in [0.717, 1.165) is 5.75 Å². The van der Waals surface area contributed by atoms with Crippen LogP contribution in [0.1, 0.15) is 6.92 Å². The van der Waals surface area contributed by atoms with Gasteiger partial charge in [0.25, 0.3) is 5.91 Å². The number of para-hydroxylation sites is 1. The van der Waals surface area contributed by atoms with Gasteiger partial charge in [-0.1, -0.05) is 41.4 Å². The average molecular weight is 354 g/mol. The van der Waals surface area contributed by atoms with E-state index in [1.54, 1.807) is 25.1 Å². The molecule has 0 aromatic heterocycles. The lowest BCUT2D eigenvalue weighted by atomic mass is 10.3. The van der Waals surface area contributed by atoms with Crippen molar-refractivity contribution < 1.29 is 14.3 Å². The maximum atomic E-state index is 12.0. The summed E-state index contributed by atoms with van der Waals surface area (Å²) in [4.78, 5) is 12.0. The summed E-state index contributed by atoms with van der Waals surface area (Å²) in [5.74, 6) is 0.936. The Morgan fingerprint density at radius 2 is 1.91 bits per heavy atom. The van der Waals surface area contributed by atoms with E-state index in [1.807, 2.05) is 30.3 Å². The third-order valence-corrected chi connectivity index (χ3v) is 3.51. The number of hydrogen-bond donors (Lipinski definition) is 1. The van der Waals surface area contributed by atoms with Gasteiger partial charge in [-0.3, -0.25) is 4.79 Å². The summed E-state index contributed by atoms with van der Waals surface area (Å²) in [5, 5.41) is 3.62. The van der Waals surface area contributed by atoms with Gasteiger partial charge in [0.2, 0.25) is 0 Å². The van der Waals surface area contributed by atoms with Crippen molar-refractivity contribution in [1.82, 2.24) is 5.32 Å². The fourth-order valence-corrected chi connectivity index (χ4v) is 2.27. The van der Waals surface area contributed by atoms with Gasteiger partial charge in [-0.25, -0.2) is 0 Å². The van der Waals surface area contributed by atoms with Crippen LogP contribution < -0.4 is 14.8 Å². The Morgan fingerprint density at radius 1 is 1.17 bits per heavy atom.